The molecular formula is C19H20ClN3O2. The van der Waals surface area contributed by atoms with Gasteiger partial charge in [-0.25, -0.2) is 4.98 Å². The van der Waals surface area contributed by atoms with Crippen LogP contribution in [0.3, 0.4) is 0 Å². The van der Waals surface area contributed by atoms with E-state index in [0.29, 0.717) is 17.2 Å². The number of nitrogens with one attached hydrogen (secondary N) is 1. The van der Waals surface area contributed by atoms with E-state index in [0.717, 1.165) is 30.6 Å². The highest BCUT2D eigenvalue weighted by molar-refractivity contribution is 6.31. The Morgan fingerprint density at radius 2 is 2.12 bits per heavy atom. The average molecular weight is 358 g/mol. The van der Waals surface area contributed by atoms with Gasteiger partial charge in [0, 0.05) is 29.4 Å². The molecule has 1 aromatic heterocycles. The van der Waals surface area contributed by atoms with Crippen LogP contribution in [0.1, 0.15) is 31.2 Å². The summed E-state index contributed by atoms with van der Waals surface area (Å²) in [5, 5.41) is 4.16. The molecule has 1 heterocycles. The first-order chi connectivity index (χ1) is 12.0. The van der Waals surface area contributed by atoms with Gasteiger partial charge < -0.3 is 10.1 Å². The van der Waals surface area contributed by atoms with Crippen molar-refractivity contribution in [2.24, 2.45) is 5.41 Å². The Hall–Kier alpha value is -2.14. The van der Waals surface area contributed by atoms with Gasteiger partial charge in [-0.15, -0.1) is 0 Å². The van der Waals surface area contributed by atoms with Gasteiger partial charge in [0.15, 0.2) is 5.78 Å². The largest absolute Gasteiger partial charge is 0.486 e. The van der Waals surface area contributed by atoms with Crippen molar-refractivity contribution < 1.29 is 9.53 Å². The highest BCUT2D eigenvalue weighted by atomic mass is 35.5. The average Bonchev–Trinajstić information content (AvgIpc) is 2.54. The number of carbonyl (C=O) groups is 1. The third kappa shape index (κ3) is 3.21. The van der Waals surface area contributed by atoms with Crippen molar-refractivity contribution >= 4 is 23.2 Å². The first kappa shape index (κ1) is 16.3. The molecule has 5 nitrogen and oxygen atoms in total. The number of hydrogen-bond acceptors (Lipinski definition) is 5. The predicted octanol–water partition coefficient (Wildman–Crippen LogP) is 3.81. The normalized spacial score (nSPS) is 26.3. The lowest BCUT2D eigenvalue weighted by atomic mass is 9.38. The van der Waals surface area contributed by atoms with Crippen LogP contribution in [0, 0.1) is 12.3 Å². The molecule has 0 aliphatic heterocycles. The number of hydrogen-bond donors (Lipinski definition) is 1. The molecule has 0 saturated heterocycles. The van der Waals surface area contributed by atoms with Gasteiger partial charge in [0.25, 0.3) is 0 Å². The molecule has 0 radical (unpaired) electrons. The van der Waals surface area contributed by atoms with Gasteiger partial charge in [0.2, 0.25) is 0 Å². The number of benzene rings is 1. The first-order valence-corrected chi connectivity index (χ1v) is 8.80. The predicted molar refractivity (Wildman–Crippen MR) is 96.0 cm³/mol. The van der Waals surface area contributed by atoms with Gasteiger partial charge in [-0.3, -0.25) is 9.78 Å². The monoisotopic (exact) mass is 357 g/mol. The molecule has 25 heavy (non-hydrogen) atoms. The lowest BCUT2D eigenvalue weighted by Crippen LogP contribution is -2.71. The summed E-state index contributed by atoms with van der Waals surface area (Å²) in [7, 11) is 0. The molecule has 0 spiro atoms. The van der Waals surface area contributed by atoms with Crippen molar-refractivity contribution in [1.29, 1.82) is 0 Å². The van der Waals surface area contributed by atoms with Gasteiger partial charge in [0.1, 0.15) is 18.2 Å². The van der Waals surface area contributed by atoms with Gasteiger partial charge in [-0.05, 0) is 55.4 Å². The molecule has 3 aliphatic rings. The fourth-order valence-corrected chi connectivity index (χ4v) is 4.41. The molecule has 3 fully saturated rings. The van der Waals surface area contributed by atoms with E-state index in [4.69, 9.17) is 16.3 Å². The number of ether oxygens (including phenoxy) is 1. The molecule has 2 bridgehead atoms. The minimum atomic E-state index is 0.116. The van der Waals surface area contributed by atoms with E-state index in [2.05, 4.69) is 15.3 Å². The smallest absolute Gasteiger partial charge is 0.170 e. The summed E-state index contributed by atoms with van der Waals surface area (Å²) in [4.78, 5) is 20.6. The number of aryl methyl sites for hydroxylation is 1. The third-order valence-corrected chi connectivity index (χ3v) is 5.62. The maximum absolute atomic E-state index is 12.3. The molecule has 2 aromatic rings. The van der Waals surface area contributed by atoms with Crippen LogP contribution < -0.4 is 10.1 Å². The number of carbonyl (C=O) groups excluding carboxylic acids is 1. The van der Waals surface area contributed by atoms with Gasteiger partial charge in [0.05, 0.1) is 6.20 Å². The molecular weight excluding hydrogens is 338 g/mol. The second-order valence-electron chi connectivity index (χ2n) is 7.44. The summed E-state index contributed by atoms with van der Waals surface area (Å²) in [5.74, 6) is 1.65. The molecule has 0 amide bonds. The van der Waals surface area contributed by atoms with Crippen molar-refractivity contribution in [3.63, 3.8) is 0 Å². The number of Topliss-reactive ketones (excluding diaryl/α,β-unsaturated/α-hetero) is 1. The number of anilines is 1. The van der Waals surface area contributed by atoms with E-state index >= 15 is 0 Å². The zero-order valence-corrected chi connectivity index (χ0v) is 14.8. The molecule has 0 unspecified atom stereocenters. The molecule has 3 aliphatic carbocycles. The Morgan fingerprint density at radius 1 is 1.32 bits per heavy atom. The Labute approximate surface area is 151 Å². The number of aromatic nitrogens is 2. The summed E-state index contributed by atoms with van der Waals surface area (Å²) >= 11 is 6.00. The SMILES string of the molecule is Cc1cc(OCC(=O)CC23CC(Nc4cnccn4)(C2)C3)ccc1Cl. The summed E-state index contributed by atoms with van der Waals surface area (Å²) in [5.41, 5.74) is 1.22. The Balaban J connectivity index is 1.24. The molecule has 130 valence electrons. The van der Waals surface area contributed by atoms with E-state index in [1.807, 2.05) is 13.0 Å². The maximum Gasteiger partial charge on any atom is 0.170 e. The Kier molecular flexibility index (Phi) is 3.91. The minimum Gasteiger partial charge on any atom is -0.486 e. The first-order valence-electron chi connectivity index (χ1n) is 8.43. The standard InChI is InChI=1S/C19H20ClN3O2/c1-13-6-15(2-3-16(13)20)25-9-14(24)7-18-10-19(11-18,12-18)23-17-8-21-4-5-22-17/h2-6,8H,7,9-12H2,1H3,(H,22,23). The minimum absolute atomic E-state index is 0.116. The molecule has 5 rings (SSSR count). The highest BCUT2D eigenvalue weighted by Crippen LogP contribution is 2.69. The Bertz CT molecular complexity index is 790. The quantitative estimate of drug-likeness (QED) is 0.816. The fraction of sp³-hybridized carbons (Fsp3) is 0.421. The van der Waals surface area contributed by atoms with Crippen molar-refractivity contribution in [2.75, 3.05) is 11.9 Å². The summed E-state index contributed by atoms with van der Waals surface area (Å²) in [6.45, 7) is 2.04. The molecule has 1 aromatic carbocycles. The van der Waals surface area contributed by atoms with Crippen LogP contribution in [0.2, 0.25) is 5.02 Å². The molecule has 0 atom stereocenters. The highest BCUT2D eigenvalue weighted by Gasteiger charge is 2.68. The van der Waals surface area contributed by atoms with Crippen LogP contribution in [0.15, 0.2) is 36.8 Å². The van der Waals surface area contributed by atoms with E-state index < -0.39 is 0 Å². The summed E-state index contributed by atoms with van der Waals surface area (Å²) < 4.78 is 5.61. The van der Waals surface area contributed by atoms with Crippen molar-refractivity contribution in [3.05, 3.63) is 47.4 Å². The van der Waals surface area contributed by atoms with Crippen LogP contribution in [-0.4, -0.2) is 27.9 Å². The lowest BCUT2D eigenvalue weighted by Gasteiger charge is -2.70. The van der Waals surface area contributed by atoms with Crippen LogP contribution >= 0.6 is 11.6 Å². The number of ketones is 1. The van der Waals surface area contributed by atoms with Crippen molar-refractivity contribution in [3.8, 4) is 5.75 Å². The van der Waals surface area contributed by atoms with Gasteiger partial charge >= 0.3 is 0 Å². The van der Waals surface area contributed by atoms with Gasteiger partial charge in [-0.2, -0.15) is 0 Å². The topological polar surface area (TPSA) is 64.1 Å². The van der Waals surface area contributed by atoms with Crippen LogP contribution in [0.25, 0.3) is 0 Å². The summed E-state index contributed by atoms with van der Waals surface area (Å²) in [6.07, 6.45) is 8.72. The van der Waals surface area contributed by atoms with E-state index in [1.54, 1.807) is 30.7 Å². The number of nitrogens with zero attached hydrogens (tertiary/aromatic N) is 2. The zero-order chi connectivity index (χ0) is 17.5. The molecule has 6 heteroatoms. The third-order valence-electron chi connectivity index (χ3n) is 5.20. The number of rotatable bonds is 7. The molecule has 1 N–H and O–H groups in total. The van der Waals surface area contributed by atoms with Crippen LogP contribution in [0.4, 0.5) is 5.82 Å². The second kappa shape index (κ2) is 5.99. The maximum atomic E-state index is 12.3. The van der Waals surface area contributed by atoms with E-state index in [-0.39, 0.29) is 23.3 Å². The van der Waals surface area contributed by atoms with Crippen molar-refractivity contribution in [2.45, 2.75) is 38.1 Å². The zero-order valence-electron chi connectivity index (χ0n) is 14.1. The fourth-order valence-electron chi connectivity index (χ4n) is 4.29. The van der Waals surface area contributed by atoms with E-state index in [1.165, 1.54) is 0 Å². The Morgan fingerprint density at radius 3 is 2.80 bits per heavy atom. The number of halogens is 1. The second-order valence-corrected chi connectivity index (χ2v) is 7.85. The van der Waals surface area contributed by atoms with Crippen LogP contribution in [0.5, 0.6) is 5.75 Å². The van der Waals surface area contributed by atoms with Crippen LogP contribution in [-0.2, 0) is 4.79 Å². The summed E-state index contributed by atoms with van der Waals surface area (Å²) in [6, 6.07) is 5.44. The van der Waals surface area contributed by atoms with Crippen molar-refractivity contribution in [1.82, 2.24) is 9.97 Å². The lowest BCUT2D eigenvalue weighted by molar-refractivity contribution is -0.147. The molecule has 3 saturated carbocycles. The van der Waals surface area contributed by atoms with E-state index in [9.17, 15) is 4.79 Å². The van der Waals surface area contributed by atoms with Gasteiger partial charge in [-0.1, -0.05) is 11.6 Å².